The predicted molar refractivity (Wildman–Crippen MR) is 242 cm³/mol. The van der Waals surface area contributed by atoms with Crippen LogP contribution in [0, 0.1) is 0 Å². The molecule has 11 N–H and O–H groups in total. The summed E-state index contributed by atoms with van der Waals surface area (Å²) >= 11 is 0. The van der Waals surface area contributed by atoms with Crippen LogP contribution >= 0.6 is 0 Å². The van der Waals surface area contributed by atoms with Crippen molar-refractivity contribution in [2.24, 2.45) is 28.7 Å². The maximum atomic E-state index is 17.2. The molecule has 0 spiro atoms. The molecular formula is C47H66FN5O19. The molecular weight excluding hydrogens is 958 g/mol. The van der Waals surface area contributed by atoms with Gasteiger partial charge in [0.15, 0.2) is 43.4 Å². The fourth-order valence-electron chi connectivity index (χ4n) is 8.99. The first-order valence-electron chi connectivity index (χ1n) is 23.4. The molecule has 0 radical (unpaired) electrons. The maximum absolute atomic E-state index is 17.2. The van der Waals surface area contributed by atoms with Gasteiger partial charge in [0, 0.05) is 47.7 Å². The molecule has 3 saturated heterocycles. The van der Waals surface area contributed by atoms with Crippen molar-refractivity contribution in [2.45, 2.75) is 170 Å². The Kier molecular flexibility index (Phi) is 20.3. The van der Waals surface area contributed by atoms with Crippen LogP contribution in [0.25, 0.3) is 0 Å². The molecule has 1 aliphatic carbocycles. The van der Waals surface area contributed by atoms with Gasteiger partial charge in [-0.2, -0.15) is 0 Å². The smallest absolute Gasteiger partial charge is 0.303 e. The number of esters is 5. The Balaban J connectivity index is 1.36. The summed E-state index contributed by atoms with van der Waals surface area (Å²) in [5, 5.41) is 11.5. The van der Waals surface area contributed by atoms with Gasteiger partial charge in [-0.25, -0.2) is 4.39 Å². The topological polar surface area (TPSA) is 356 Å². The first kappa shape index (κ1) is 56.5. The summed E-state index contributed by atoms with van der Waals surface area (Å²) in [6, 6.07) is 13.5. The monoisotopic (exact) mass is 1020 g/mol. The van der Waals surface area contributed by atoms with E-state index >= 15 is 4.39 Å². The highest BCUT2D eigenvalue weighted by molar-refractivity contribution is 5.68. The number of aliphatic hydroxyl groups is 1. The van der Waals surface area contributed by atoms with Gasteiger partial charge in [0.1, 0.15) is 61.5 Å². The van der Waals surface area contributed by atoms with Gasteiger partial charge in [-0.05, 0) is 11.1 Å². The van der Waals surface area contributed by atoms with Gasteiger partial charge < -0.3 is 95.4 Å². The Labute approximate surface area is 414 Å². The molecule has 20 atom stereocenters. The lowest BCUT2D eigenvalue weighted by Gasteiger charge is -2.49. The molecule has 3 aliphatic heterocycles. The fraction of sp³-hybridized carbons (Fsp3) is 0.638. The zero-order valence-electron chi connectivity index (χ0n) is 40.4. The summed E-state index contributed by atoms with van der Waals surface area (Å²) in [5.74, 6) is -4.12. The summed E-state index contributed by atoms with van der Waals surface area (Å²) in [6.45, 7) is 4.19. The maximum Gasteiger partial charge on any atom is 0.303 e. The molecule has 0 bridgehead atoms. The molecule has 2 aromatic carbocycles. The van der Waals surface area contributed by atoms with Crippen LogP contribution < -0.4 is 28.7 Å². The average molecular weight is 1020 g/mol. The van der Waals surface area contributed by atoms with E-state index in [0.29, 0.717) is 5.56 Å². The molecule has 0 unspecified atom stereocenters. The van der Waals surface area contributed by atoms with Crippen LogP contribution in [0.3, 0.4) is 0 Å². The van der Waals surface area contributed by atoms with Crippen molar-refractivity contribution >= 4 is 29.8 Å². The molecule has 400 valence electrons. The summed E-state index contributed by atoms with van der Waals surface area (Å²) in [6.07, 6.45) is -26.1. The Bertz CT molecular complexity index is 2100. The molecule has 72 heavy (non-hydrogen) atoms. The van der Waals surface area contributed by atoms with E-state index in [0.717, 1.165) is 40.2 Å². The quantitative estimate of drug-likeness (QED) is 0.0642. The zero-order valence-corrected chi connectivity index (χ0v) is 40.4. The number of halogens is 1. The number of benzene rings is 2. The van der Waals surface area contributed by atoms with Crippen LogP contribution in [0.5, 0.6) is 0 Å². The molecule has 0 aromatic heterocycles. The van der Waals surface area contributed by atoms with E-state index in [1.807, 2.05) is 6.07 Å². The van der Waals surface area contributed by atoms with Crippen LogP contribution in [0.1, 0.15) is 45.7 Å². The molecule has 1 saturated carbocycles. The van der Waals surface area contributed by atoms with Crippen LogP contribution in [0.4, 0.5) is 4.39 Å². The van der Waals surface area contributed by atoms with E-state index in [1.54, 1.807) is 54.6 Å². The first-order valence-corrected chi connectivity index (χ1v) is 23.4. The van der Waals surface area contributed by atoms with Crippen molar-refractivity contribution in [3.05, 3.63) is 71.8 Å². The summed E-state index contributed by atoms with van der Waals surface area (Å²) in [5.41, 5.74) is 33.4. The third-order valence-corrected chi connectivity index (χ3v) is 12.3. The molecule has 4 aliphatic rings. The molecule has 25 heteroatoms. The molecule has 4 fully saturated rings. The second-order valence-corrected chi connectivity index (χ2v) is 17.7. The predicted octanol–water partition coefficient (Wildman–Crippen LogP) is -1.61. The third-order valence-electron chi connectivity index (χ3n) is 12.3. The Hall–Kier alpha value is -4.84. The summed E-state index contributed by atoms with van der Waals surface area (Å²) in [4.78, 5) is 62.4. The molecule has 0 amide bonds. The highest BCUT2D eigenvalue weighted by Crippen LogP contribution is 2.38. The summed E-state index contributed by atoms with van der Waals surface area (Å²) in [7, 11) is 0. The Morgan fingerprint density at radius 1 is 0.500 bits per heavy atom. The SMILES string of the molecule is CC(=O)OC[C@H]1O[C@@H](O[C@H]2[C@H](O[C@H]3O[C@H](CN)[C@@H](OCc4ccccc4)[C@H](F)[C@H]3OCc3ccccc3)[C@@H](N)[C@H](O)[C@@H](N)[C@@H]2OC(C)=O)[C@H](OC(C)=O)[C@@H]1O[C@H]1O[C@@H](CN)[C@@H](OC(C)=O)[C@H](OC(C)=O)[C@H]1N. The number of rotatable bonds is 20. The van der Waals surface area contributed by atoms with Crippen LogP contribution in [0.2, 0.25) is 0 Å². The minimum atomic E-state index is -1.97. The molecule has 2 aromatic rings. The van der Waals surface area contributed by atoms with Gasteiger partial charge >= 0.3 is 29.8 Å². The van der Waals surface area contributed by atoms with Crippen LogP contribution in [-0.4, -0.2) is 177 Å². The average Bonchev–Trinajstić information content (AvgIpc) is 3.64. The van der Waals surface area contributed by atoms with Crippen molar-refractivity contribution in [1.29, 1.82) is 0 Å². The molecule has 6 rings (SSSR count). The fourth-order valence-corrected chi connectivity index (χ4v) is 8.99. The van der Waals surface area contributed by atoms with E-state index in [1.165, 1.54) is 0 Å². The zero-order chi connectivity index (χ0) is 52.4. The van der Waals surface area contributed by atoms with Crippen molar-refractivity contribution in [3.8, 4) is 0 Å². The first-order chi connectivity index (χ1) is 34.3. The van der Waals surface area contributed by atoms with E-state index in [-0.39, 0.29) is 26.3 Å². The number of hydrogen-bond acceptors (Lipinski definition) is 24. The lowest BCUT2D eigenvalue weighted by atomic mass is 9.81. The van der Waals surface area contributed by atoms with E-state index in [2.05, 4.69) is 0 Å². The highest BCUT2D eigenvalue weighted by Gasteiger charge is 2.59. The number of alkyl halides is 1. The minimum absolute atomic E-state index is 0.0116. The minimum Gasteiger partial charge on any atom is -0.463 e. The van der Waals surface area contributed by atoms with Gasteiger partial charge in [-0.15, -0.1) is 0 Å². The van der Waals surface area contributed by atoms with Gasteiger partial charge in [-0.1, -0.05) is 60.7 Å². The van der Waals surface area contributed by atoms with Gasteiger partial charge in [0.2, 0.25) is 0 Å². The van der Waals surface area contributed by atoms with E-state index < -0.39 is 159 Å². The Morgan fingerprint density at radius 2 is 0.917 bits per heavy atom. The van der Waals surface area contributed by atoms with Gasteiger partial charge in [0.25, 0.3) is 0 Å². The Morgan fingerprint density at radius 3 is 1.44 bits per heavy atom. The molecule has 3 heterocycles. The van der Waals surface area contributed by atoms with Crippen molar-refractivity contribution in [3.63, 3.8) is 0 Å². The standard InChI is InChI=1S/C47H66FN5O19/c1-21(54)60-20-30-38(70-45-34(53)42(65-24(4)57)37(63-22(2)55)29(17-50)67-45)44(66-25(5)58)47(69-30)72-43-40(64-23(3)56)32(51)35(59)33(52)41(43)71-46-39(62-19-27-14-10-7-11-15-27)31(48)36(28(16-49)68-46)61-18-26-12-8-6-9-13-26/h6-15,28-47,59H,16-20,49-53H2,1-5H3/t28-,29+,30-,31+,32-,33+,34-,35-,36-,37-,38-,39-,40+,41-,42-,43-,44-,45-,46-,47+/m1/s1. The van der Waals surface area contributed by atoms with Gasteiger partial charge in [0.05, 0.1) is 37.4 Å². The van der Waals surface area contributed by atoms with E-state index in [4.69, 9.17) is 90.2 Å². The van der Waals surface area contributed by atoms with Crippen LogP contribution in [0.15, 0.2) is 60.7 Å². The van der Waals surface area contributed by atoms with Crippen LogP contribution in [-0.2, 0) is 98.8 Å². The van der Waals surface area contributed by atoms with E-state index in [9.17, 15) is 29.1 Å². The lowest BCUT2D eigenvalue weighted by molar-refractivity contribution is -0.338. The number of aliphatic hydroxyl groups excluding tert-OH is 1. The van der Waals surface area contributed by atoms with Crippen molar-refractivity contribution in [1.82, 2.24) is 0 Å². The lowest BCUT2D eigenvalue weighted by Crippen LogP contribution is -2.72. The van der Waals surface area contributed by atoms with Crippen molar-refractivity contribution in [2.75, 3.05) is 19.7 Å². The highest BCUT2D eigenvalue weighted by atomic mass is 19.1. The summed E-state index contributed by atoms with van der Waals surface area (Å²) < 4.78 is 95.5. The normalized spacial score (nSPS) is 36.7. The second-order valence-electron chi connectivity index (χ2n) is 17.7. The molecule has 24 nitrogen and oxygen atoms in total. The largest absolute Gasteiger partial charge is 0.463 e. The number of carbonyl (C=O) groups is 5. The second kappa shape index (κ2) is 25.9. The number of carbonyl (C=O) groups excluding carboxylic acids is 5. The number of ether oxygens (including phenoxy) is 13. The number of nitrogens with two attached hydrogens (primary N) is 5. The number of hydrogen-bond donors (Lipinski definition) is 6. The van der Waals surface area contributed by atoms with Gasteiger partial charge in [-0.3, -0.25) is 24.0 Å². The van der Waals surface area contributed by atoms with Crippen molar-refractivity contribution < 1.29 is 95.0 Å². The third kappa shape index (κ3) is 14.1.